The summed E-state index contributed by atoms with van der Waals surface area (Å²) >= 11 is 3.35. The molecule has 5 nitrogen and oxygen atoms in total. The van der Waals surface area contributed by atoms with Gasteiger partial charge in [-0.3, -0.25) is 9.59 Å². The van der Waals surface area contributed by atoms with Crippen LogP contribution in [0.1, 0.15) is 70.3 Å². The number of nitrogens with zero attached hydrogens (tertiary/aromatic N) is 3. The molecule has 0 bridgehead atoms. The molecule has 2 fully saturated rings. The summed E-state index contributed by atoms with van der Waals surface area (Å²) in [6.45, 7) is 0. The summed E-state index contributed by atoms with van der Waals surface area (Å²) in [6.07, 6.45) is 13.4. The SMILES string of the molecule is O=C1CCCCCC1Br.O=C1CCCCCC1n1cncn1. The van der Waals surface area contributed by atoms with Crippen LogP contribution in [0.25, 0.3) is 0 Å². The van der Waals surface area contributed by atoms with Crippen LogP contribution in [0.5, 0.6) is 0 Å². The Balaban J connectivity index is 0.000000172. The van der Waals surface area contributed by atoms with Crippen LogP contribution >= 0.6 is 15.9 Å². The molecule has 0 saturated heterocycles. The zero-order chi connectivity index (χ0) is 15.8. The molecule has 0 spiro atoms. The highest BCUT2D eigenvalue weighted by Gasteiger charge is 2.22. The zero-order valence-corrected chi connectivity index (χ0v) is 14.5. The molecule has 0 aliphatic heterocycles. The first-order valence-electron chi connectivity index (χ1n) is 8.22. The fourth-order valence-corrected chi connectivity index (χ4v) is 3.47. The lowest BCUT2D eigenvalue weighted by molar-refractivity contribution is -0.122. The summed E-state index contributed by atoms with van der Waals surface area (Å²) in [4.78, 5) is 26.6. The summed E-state index contributed by atoms with van der Waals surface area (Å²) < 4.78 is 1.69. The molecule has 1 aromatic rings. The van der Waals surface area contributed by atoms with E-state index in [1.807, 2.05) is 0 Å². The van der Waals surface area contributed by atoms with Crippen molar-refractivity contribution in [1.82, 2.24) is 14.8 Å². The number of hydrogen-bond acceptors (Lipinski definition) is 4. The number of Topliss-reactive ketones (excluding diaryl/α,β-unsaturated/α-hetero) is 2. The van der Waals surface area contributed by atoms with Crippen molar-refractivity contribution >= 4 is 27.5 Å². The molecule has 0 amide bonds. The van der Waals surface area contributed by atoms with Crippen molar-refractivity contribution < 1.29 is 9.59 Å². The lowest BCUT2D eigenvalue weighted by atomic mass is 10.1. The molecule has 22 heavy (non-hydrogen) atoms. The van der Waals surface area contributed by atoms with Crippen molar-refractivity contribution in [3.8, 4) is 0 Å². The van der Waals surface area contributed by atoms with E-state index < -0.39 is 0 Å². The maximum absolute atomic E-state index is 11.6. The molecular formula is C16H24BrN3O2. The smallest absolute Gasteiger partial charge is 0.157 e. The van der Waals surface area contributed by atoms with Crippen LogP contribution in [0.15, 0.2) is 12.7 Å². The maximum atomic E-state index is 11.6. The number of carbonyl (C=O) groups is 2. The van der Waals surface area contributed by atoms with Crippen molar-refractivity contribution in [1.29, 1.82) is 0 Å². The van der Waals surface area contributed by atoms with E-state index in [0.29, 0.717) is 18.0 Å². The van der Waals surface area contributed by atoms with Crippen molar-refractivity contribution in [3.63, 3.8) is 0 Å². The molecule has 0 aromatic carbocycles. The van der Waals surface area contributed by atoms with Gasteiger partial charge >= 0.3 is 0 Å². The molecule has 0 radical (unpaired) electrons. The van der Waals surface area contributed by atoms with Crippen molar-refractivity contribution in [3.05, 3.63) is 12.7 Å². The summed E-state index contributed by atoms with van der Waals surface area (Å²) in [5.41, 5.74) is 0. The van der Waals surface area contributed by atoms with Crippen LogP contribution in [0.2, 0.25) is 0 Å². The van der Waals surface area contributed by atoms with E-state index in [2.05, 4.69) is 26.0 Å². The second-order valence-corrected chi connectivity index (χ2v) is 7.10. The van der Waals surface area contributed by atoms with Gasteiger partial charge in [-0.25, -0.2) is 9.67 Å². The van der Waals surface area contributed by atoms with Crippen LogP contribution in [-0.2, 0) is 9.59 Å². The van der Waals surface area contributed by atoms with Gasteiger partial charge in [-0.15, -0.1) is 0 Å². The highest BCUT2D eigenvalue weighted by molar-refractivity contribution is 9.10. The van der Waals surface area contributed by atoms with Gasteiger partial charge in [0.1, 0.15) is 24.5 Å². The third kappa shape index (κ3) is 5.30. The summed E-state index contributed by atoms with van der Waals surface area (Å²) in [6, 6.07) is -0.0509. The predicted octanol–water partition coefficient (Wildman–Crippen LogP) is 3.64. The minimum Gasteiger partial charge on any atom is -0.298 e. The van der Waals surface area contributed by atoms with E-state index in [1.165, 1.54) is 19.2 Å². The number of halogens is 1. The lowest BCUT2D eigenvalue weighted by Crippen LogP contribution is -2.18. The number of rotatable bonds is 1. The van der Waals surface area contributed by atoms with E-state index in [4.69, 9.17) is 0 Å². The Hall–Kier alpha value is -1.04. The molecule has 0 N–H and O–H groups in total. The quantitative estimate of drug-likeness (QED) is 0.559. The summed E-state index contributed by atoms with van der Waals surface area (Å²) in [5.74, 6) is 0.704. The summed E-state index contributed by atoms with van der Waals surface area (Å²) in [7, 11) is 0. The second-order valence-electron chi connectivity index (χ2n) is 5.99. The first kappa shape index (κ1) is 17.3. The number of alkyl halides is 1. The van der Waals surface area contributed by atoms with Gasteiger partial charge in [0.2, 0.25) is 0 Å². The minimum absolute atomic E-state index is 0.0509. The Morgan fingerprint density at radius 3 is 2.32 bits per heavy atom. The molecule has 2 saturated carbocycles. The Morgan fingerprint density at radius 1 is 0.955 bits per heavy atom. The lowest BCUT2D eigenvalue weighted by Gasteiger charge is -2.11. The van der Waals surface area contributed by atoms with Gasteiger partial charge in [-0.1, -0.05) is 41.6 Å². The highest BCUT2D eigenvalue weighted by atomic mass is 79.9. The minimum atomic E-state index is -0.0509. The van der Waals surface area contributed by atoms with E-state index in [1.54, 1.807) is 11.0 Å². The fourth-order valence-electron chi connectivity index (χ4n) is 2.92. The monoisotopic (exact) mass is 369 g/mol. The zero-order valence-electron chi connectivity index (χ0n) is 12.9. The third-order valence-corrected chi connectivity index (χ3v) is 5.23. The summed E-state index contributed by atoms with van der Waals surface area (Å²) in [5, 5.41) is 4.02. The second kappa shape index (κ2) is 9.18. The molecule has 1 heterocycles. The van der Waals surface area contributed by atoms with Crippen LogP contribution in [0, 0.1) is 0 Å². The van der Waals surface area contributed by atoms with E-state index in [0.717, 1.165) is 44.9 Å². The molecule has 2 atom stereocenters. The van der Waals surface area contributed by atoms with Crippen LogP contribution in [0.4, 0.5) is 0 Å². The molecule has 2 aliphatic carbocycles. The first-order valence-corrected chi connectivity index (χ1v) is 9.13. The Labute approximate surface area is 140 Å². The molecular weight excluding hydrogens is 346 g/mol. The standard InChI is InChI=1S/C9H13N3O.C7H11BrO/c13-9-5-3-1-2-4-8(9)12-7-10-6-11-12;8-6-4-2-1-3-5-7(6)9/h6-8H,1-5H2;6H,1-5H2. The fraction of sp³-hybridized carbons (Fsp3) is 0.750. The van der Waals surface area contributed by atoms with Crippen LogP contribution < -0.4 is 0 Å². The van der Waals surface area contributed by atoms with Gasteiger partial charge in [-0.05, 0) is 25.7 Å². The highest BCUT2D eigenvalue weighted by Crippen LogP contribution is 2.23. The average Bonchev–Trinajstić information content (AvgIpc) is 2.87. The maximum Gasteiger partial charge on any atom is 0.157 e. The van der Waals surface area contributed by atoms with Gasteiger partial charge in [-0.2, -0.15) is 5.10 Å². The Kier molecular flexibility index (Phi) is 7.22. The number of carbonyl (C=O) groups excluding carboxylic acids is 2. The van der Waals surface area contributed by atoms with Crippen molar-refractivity contribution in [2.24, 2.45) is 0 Å². The number of hydrogen-bond donors (Lipinski definition) is 0. The number of ketones is 2. The Bertz CT molecular complexity index is 476. The van der Waals surface area contributed by atoms with E-state index >= 15 is 0 Å². The molecule has 3 rings (SSSR count). The number of aromatic nitrogens is 3. The van der Waals surface area contributed by atoms with Gasteiger partial charge in [0.05, 0.1) is 4.83 Å². The van der Waals surface area contributed by atoms with Gasteiger partial charge in [0.25, 0.3) is 0 Å². The van der Waals surface area contributed by atoms with Gasteiger partial charge < -0.3 is 0 Å². The van der Waals surface area contributed by atoms with Crippen molar-refractivity contribution in [2.75, 3.05) is 0 Å². The van der Waals surface area contributed by atoms with Gasteiger partial charge in [0, 0.05) is 12.8 Å². The molecule has 6 heteroatoms. The van der Waals surface area contributed by atoms with E-state index in [9.17, 15) is 9.59 Å². The van der Waals surface area contributed by atoms with Crippen LogP contribution in [0.3, 0.4) is 0 Å². The predicted molar refractivity (Wildman–Crippen MR) is 88.0 cm³/mol. The molecule has 1 aromatic heterocycles. The Morgan fingerprint density at radius 2 is 1.64 bits per heavy atom. The molecule has 122 valence electrons. The van der Waals surface area contributed by atoms with E-state index in [-0.39, 0.29) is 10.9 Å². The normalized spacial score (nSPS) is 26.6. The topological polar surface area (TPSA) is 64.8 Å². The largest absolute Gasteiger partial charge is 0.298 e. The molecule has 2 unspecified atom stereocenters. The van der Waals surface area contributed by atoms with Gasteiger partial charge in [0.15, 0.2) is 5.78 Å². The molecule has 2 aliphatic rings. The average molecular weight is 370 g/mol. The van der Waals surface area contributed by atoms with Crippen molar-refractivity contribution in [2.45, 2.75) is 75.1 Å². The third-order valence-electron chi connectivity index (χ3n) is 4.26. The van der Waals surface area contributed by atoms with Crippen LogP contribution in [-0.4, -0.2) is 31.2 Å². The first-order chi connectivity index (χ1) is 10.7.